The van der Waals surface area contributed by atoms with Gasteiger partial charge in [-0.1, -0.05) is 30.7 Å². The molecule has 0 radical (unpaired) electrons. The van der Waals surface area contributed by atoms with Crippen molar-refractivity contribution in [1.29, 1.82) is 0 Å². The first-order valence-corrected chi connectivity index (χ1v) is 5.82. The number of hydrogen-bond donors (Lipinski definition) is 3. The molecule has 0 heterocycles. The highest BCUT2D eigenvalue weighted by molar-refractivity contribution is 6.30. The van der Waals surface area contributed by atoms with Crippen LogP contribution in [0.25, 0.3) is 0 Å². The van der Waals surface area contributed by atoms with E-state index in [9.17, 15) is 0 Å². The van der Waals surface area contributed by atoms with Crippen molar-refractivity contribution in [2.75, 3.05) is 13.2 Å². The van der Waals surface area contributed by atoms with Crippen LogP contribution in [0.15, 0.2) is 24.3 Å². The molecule has 4 heteroatoms. The molecule has 3 nitrogen and oxygen atoms in total. The molecular weight excluding hydrogens is 226 g/mol. The Kier molecular flexibility index (Phi) is 5.77. The van der Waals surface area contributed by atoms with Crippen molar-refractivity contribution in [3.8, 4) is 0 Å². The first-order valence-electron chi connectivity index (χ1n) is 5.44. The summed E-state index contributed by atoms with van der Waals surface area (Å²) in [5, 5.41) is 21.9. The summed E-state index contributed by atoms with van der Waals surface area (Å²) in [7, 11) is 0. The number of rotatable bonds is 6. The molecule has 1 unspecified atom stereocenters. The fraction of sp³-hybridized carbons (Fsp3) is 0.500. The van der Waals surface area contributed by atoms with E-state index in [0.717, 1.165) is 12.0 Å². The molecule has 0 spiro atoms. The normalized spacial score (nSPS) is 13.1. The average molecular weight is 244 g/mol. The standard InChI is InChI=1S/C12H18ClNO2/c1-2-12(14-11(7-15)8-16)9-3-5-10(13)6-4-9/h3-6,11-12,14-16H,2,7-8H2,1H3. The van der Waals surface area contributed by atoms with E-state index in [-0.39, 0.29) is 25.3 Å². The Labute approximate surface area is 101 Å². The van der Waals surface area contributed by atoms with Crippen LogP contribution in [0.2, 0.25) is 5.02 Å². The summed E-state index contributed by atoms with van der Waals surface area (Å²) in [6.07, 6.45) is 0.887. The highest BCUT2D eigenvalue weighted by Crippen LogP contribution is 2.19. The number of aliphatic hydroxyl groups is 2. The Hall–Kier alpha value is -0.610. The monoisotopic (exact) mass is 243 g/mol. The fourth-order valence-corrected chi connectivity index (χ4v) is 1.72. The second-order valence-corrected chi connectivity index (χ2v) is 4.18. The van der Waals surface area contributed by atoms with E-state index in [0.29, 0.717) is 5.02 Å². The van der Waals surface area contributed by atoms with Crippen LogP contribution in [0.4, 0.5) is 0 Å². The lowest BCUT2D eigenvalue weighted by molar-refractivity contribution is 0.161. The van der Waals surface area contributed by atoms with Gasteiger partial charge in [-0.25, -0.2) is 0 Å². The zero-order valence-corrected chi connectivity index (χ0v) is 10.1. The molecule has 1 aromatic rings. The van der Waals surface area contributed by atoms with Crippen LogP contribution in [-0.4, -0.2) is 29.5 Å². The molecule has 16 heavy (non-hydrogen) atoms. The summed E-state index contributed by atoms with van der Waals surface area (Å²) >= 11 is 5.82. The minimum absolute atomic E-state index is 0.0689. The number of aliphatic hydroxyl groups excluding tert-OH is 2. The lowest BCUT2D eigenvalue weighted by atomic mass is 10.0. The highest BCUT2D eigenvalue weighted by Gasteiger charge is 2.14. The summed E-state index contributed by atoms with van der Waals surface area (Å²) in [6, 6.07) is 7.44. The summed E-state index contributed by atoms with van der Waals surface area (Å²) in [6.45, 7) is 1.92. The lowest BCUT2D eigenvalue weighted by Crippen LogP contribution is -2.38. The van der Waals surface area contributed by atoms with Gasteiger partial charge in [0.05, 0.1) is 19.3 Å². The van der Waals surface area contributed by atoms with Gasteiger partial charge in [0.25, 0.3) is 0 Å². The Balaban J connectivity index is 2.70. The molecule has 0 amide bonds. The molecule has 0 bridgehead atoms. The van der Waals surface area contributed by atoms with Gasteiger partial charge in [0.2, 0.25) is 0 Å². The van der Waals surface area contributed by atoms with E-state index in [2.05, 4.69) is 12.2 Å². The Morgan fingerprint density at radius 2 is 1.75 bits per heavy atom. The van der Waals surface area contributed by atoms with E-state index in [4.69, 9.17) is 21.8 Å². The molecule has 0 aliphatic rings. The van der Waals surface area contributed by atoms with E-state index in [1.165, 1.54) is 0 Å². The van der Waals surface area contributed by atoms with Gasteiger partial charge in [-0.15, -0.1) is 0 Å². The molecule has 1 rings (SSSR count). The maximum atomic E-state index is 9.02. The van der Waals surface area contributed by atoms with Crippen LogP contribution < -0.4 is 5.32 Å². The van der Waals surface area contributed by atoms with Crippen molar-refractivity contribution >= 4 is 11.6 Å². The second-order valence-electron chi connectivity index (χ2n) is 3.74. The molecule has 90 valence electrons. The quantitative estimate of drug-likeness (QED) is 0.713. The van der Waals surface area contributed by atoms with Crippen LogP contribution in [0, 0.1) is 0 Å². The maximum absolute atomic E-state index is 9.02. The van der Waals surface area contributed by atoms with Crippen molar-refractivity contribution in [3.63, 3.8) is 0 Å². The van der Waals surface area contributed by atoms with Crippen LogP contribution in [0.5, 0.6) is 0 Å². The third kappa shape index (κ3) is 3.76. The van der Waals surface area contributed by atoms with Crippen LogP contribution in [-0.2, 0) is 0 Å². The number of benzene rings is 1. The van der Waals surface area contributed by atoms with Gasteiger partial charge in [0.15, 0.2) is 0 Å². The zero-order chi connectivity index (χ0) is 12.0. The molecule has 1 atom stereocenters. The Morgan fingerprint density at radius 1 is 1.19 bits per heavy atom. The Bertz CT molecular complexity index is 298. The first kappa shape index (κ1) is 13.5. The molecule has 0 aromatic heterocycles. The van der Waals surface area contributed by atoms with Crippen molar-refractivity contribution < 1.29 is 10.2 Å². The molecule has 0 aliphatic heterocycles. The molecule has 0 saturated carbocycles. The van der Waals surface area contributed by atoms with Gasteiger partial charge >= 0.3 is 0 Å². The van der Waals surface area contributed by atoms with Gasteiger partial charge in [0.1, 0.15) is 0 Å². The van der Waals surface area contributed by atoms with Crippen molar-refractivity contribution in [1.82, 2.24) is 5.32 Å². The number of halogens is 1. The van der Waals surface area contributed by atoms with Crippen molar-refractivity contribution in [3.05, 3.63) is 34.9 Å². The third-order valence-electron chi connectivity index (χ3n) is 2.56. The highest BCUT2D eigenvalue weighted by atomic mass is 35.5. The Morgan fingerprint density at radius 3 is 2.19 bits per heavy atom. The predicted octanol–water partition coefficient (Wildman–Crippen LogP) is 1.73. The average Bonchev–Trinajstić information content (AvgIpc) is 2.32. The molecular formula is C12H18ClNO2. The lowest BCUT2D eigenvalue weighted by Gasteiger charge is -2.22. The molecule has 0 fully saturated rings. The minimum Gasteiger partial charge on any atom is -0.395 e. The maximum Gasteiger partial charge on any atom is 0.0607 e. The summed E-state index contributed by atoms with van der Waals surface area (Å²) in [5.41, 5.74) is 1.11. The molecule has 0 aliphatic carbocycles. The van der Waals surface area contributed by atoms with Gasteiger partial charge in [-0.05, 0) is 24.1 Å². The SMILES string of the molecule is CCC(NC(CO)CO)c1ccc(Cl)cc1. The predicted molar refractivity (Wildman–Crippen MR) is 65.6 cm³/mol. The van der Waals surface area contributed by atoms with Crippen molar-refractivity contribution in [2.24, 2.45) is 0 Å². The molecule has 3 N–H and O–H groups in total. The van der Waals surface area contributed by atoms with Crippen LogP contribution >= 0.6 is 11.6 Å². The first-order chi connectivity index (χ1) is 7.71. The van der Waals surface area contributed by atoms with Gasteiger partial charge in [0, 0.05) is 11.1 Å². The van der Waals surface area contributed by atoms with Crippen molar-refractivity contribution in [2.45, 2.75) is 25.4 Å². The topological polar surface area (TPSA) is 52.5 Å². The third-order valence-corrected chi connectivity index (χ3v) is 2.81. The summed E-state index contributed by atoms with van der Waals surface area (Å²) in [4.78, 5) is 0. The van der Waals surface area contributed by atoms with Crippen LogP contribution in [0.3, 0.4) is 0 Å². The minimum atomic E-state index is -0.277. The van der Waals surface area contributed by atoms with E-state index < -0.39 is 0 Å². The van der Waals surface area contributed by atoms with Crippen LogP contribution in [0.1, 0.15) is 24.9 Å². The zero-order valence-electron chi connectivity index (χ0n) is 9.36. The van der Waals surface area contributed by atoms with Gasteiger partial charge in [-0.2, -0.15) is 0 Å². The second kappa shape index (κ2) is 6.86. The summed E-state index contributed by atoms with van der Waals surface area (Å²) in [5.74, 6) is 0. The molecule has 0 saturated heterocycles. The van der Waals surface area contributed by atoms with Gasteiger partial charge < -0.3 is 15.5 Å². The number of hydrogen-bond acceptors (Lipinski definition) is 3. The summed E-state index contributed by atoms with van der Waals surface area (Å²) < 4.78 is 0. The van der Waals surface area contributed by atoms with E-state index >= 15 is 0 Å². The van der Waals surface area contributed by atoms with E-state index in [1.807, 2.05) is 24.3 Å². The molecule has 1 aromatic carbocycles. The smallest absolute Gasteiger partial charge is 0.0607 e. The largest absolute Gasteiger partial charge is 0.395 e. The van der Waals surface area contributed by atoms with E-state index in [1.54, 1.807) is 0 Å². The number of nitrogens with one attached hydrogen (secondary N) is 1. The van der Waals surface area contributed by atoms with Gasteiger partial charge in [-0.3, -0.25) is 0 Å². The fourth-order valence-electron chi connectivity index (χ4n) is 1.59.